The van der Waals surface area contributed by atoms with Gasteiger partial charge < -0.3 is 9.47 Å². The van der Waals surface area contributed by atoms with Crippen molar-refractivity contribution in [3.8, 4) is 17.7 Å². The highest BCUT2D eigenvalue weighted by atomic mass is 35.5. The van der Waals surface area contributed by atoms with Gasteiger partial charge >= 0.3 is 0 Å². The van der Waals surface area contributed by atoms with E-state index in [1.54, 1.807) is 7.11 Å². The first-order valence-corrected chi connectivity index (χ1v) is 8.35. The molecule has 0 bridgehead atoms. The summed E-state index contributed by atoms with van der Waals surface area (Å²) < 4.78 is 11.4. The highest BCUT2D eigenvalue weighted by molar-refractivity contribution is 6.30. The standard InChI is InChI=1S/C18H15ClN4O2/c1-24-18-13-8-12(5-6-14(13)22-23-18)25-15-4-2-3-10-7-11(9-20)17(19)21-16(10)15/h5-8,15H,2-4H2,1H3,(H,22,23). The maximum atomic E-state index is 9.12. The molecule has 0 amide bonds. The van der Waals surface area contributed by atoms with Crippen LogP contribution in [0.2, 0.25) is 5.15 Å². The number of aromatic amines is 1. The molecule has 0 radical (unpaired) electrons. The van der Waals surface area contributed by atoms with Gasteiger partial charge in [0.25, 0.3) is 0 Å². The number of aryl methyl sites for hydroxylation is 1. The molecular weight excluding hydrogens is 340 g/mol. The third-order valence-corrected chi connectivity index (χ3v) is 4.69. The zero-order chi connectivity index (χ0) is 17.4. The average molecular weight is 355 g/mol. The van der Waals surface area contributed by atoms with Gasteiger partial charge in [0.15, 0.2) is 0 Å². The van der Waals surface area contributed by atoms with Crippen molar-refractivity contribution in [3.63, 3.8) is 0 Å². The van der Waals surface area contributed by atoms with E-state index < -0.39 is 0 Å². The summed E-state index contributed by atoms with van der Waals surface area (Å²) in [6.45, 7) is 0. The van der Waals surface area contributed by atoms with Gasteiger partial charge in [-0.05, 0) is 49.1 Å². The highest BCUT2D eigenvalue weighted by Gasteiger charge is 2.25. The number of nitrogens with zero attached hydrogens (tertiary/aromatic N) is 3. The summed E-state index contributed by atoms with van der Waals surface area (Å²) in [6.07, 6.45) is 2.51. The molecule has 0 fully saturated rings. The first-order valence-electron chi connectivity index (χ1n) is 7.98. The predicted molar refractivity (Wildman–Crippen MR) is 92.9 cm³/mol. The van der Waals surface area contributed by atoms with Crippen molar-refractivity contribution in [3.05, 3.63) is 46.2 Å². The predicted octanol–water partition coefficient (Wildman–Crippen LogP) is 3.95. The Morgan fingerprint density at radius 1 is 1.36 bits per heavy atom. The van der Waals surface area contributed by atoms with Crippen LogP contribution in [0.4, 0.5) is 0 Å². The third-order valence-electron chi connectivity index (χ3n) is 4.40. The molecule has 0 spiro atoms. The Balaban J connectivity index is 1.68. The SMILES string of the molecule is COc1n[nH]c2ccc(OC3CCCc4cc(C#N)c(Cl)nc43)cc12. The molecular formula is C18H15ClN4O2. The van der Waals surface area contributed by atoms with E-state index >= 15 is 0 Å². The largest absolute Gasteiger partial charge is 0.484 e. The van der Waals surface area contributed by atoms with Gasteiger partial charge in [0.1, 0.15) is 23.1 Å². The Hall–Kier alpha value is -2.78. The fraction of sp³-hybridized carbons (Fsp3) is 0.278. The second kappa shape index (κ2) is 6.26. The molecule has 0 saturated carbocycles. The lowest BCUT2D eigenvalue weighted by Gasteiger charge is -2.25. The van der Waals surface area contributed by atoms with Crippen molar-refractivity contribution in [2.24, 2.45) is 0 Å². The summed E-state index contributed by atoms with van der Waals surface area (Å²) in [5.74, 6) is 1.25. The highest BCUT2D eigenvalue weighted by Crippen LogP contribution is 2.35. The molecule has 126 valence electrons. The molecule has 6 nitrogen and oxygen atoms in total. The van der Waals surface area contributed by atoms with Crippen LogP contribution in [0.1, 0.15) is 35.8 Å². The van der Waals surface area contributed by atoms with E-state index in [1.807, 2.05) is 24.3 Å². The number of ether oxygens (including phenoxy) is 2. The number of benzene rings is 1. The number of rotatable bonds is 3. The van der Waals surface area contributed by atoms with Crippen LogP contribution in [0.25, 0.3) is 10.9 Å². The molecule has 1 unspecified atom stereocenters. The van der Waals surface area contributed by atoms with Gasteiger partial charge in [-0.15, -0.1) is 5.10 Å². The topological polar surface area (TPSA) is 83.8 Å². The fourth-order valence-electron chi connectivity index (χ4n) is 3.19. The van der Waals surface area contributed by atoms with Crippen LogP contribution in [0.3, 0.4) is 0 Å². The summed E-state index contributed by atoms with van der Waals surface area (Å²) in [4.78, 5) is 4.42. The molecule has 25 heavy (non-hydrogen) atoms. The van der Waals surface area contributed by atoms with E-state index in [2.05, 4.69) is 21.3 Å². The van der Waals surface area contributed by atoms with Gasteiger partial charge in [-0.2, -0.15) is 5.26 Å². The maximum absolute atomic E-state index is 9.12. The van der Waals surface area contributed by atoms with Crippen LogP contribution in [0.15, 0.2) is 24.3 Å². The summed E-state index contributed by atoms with van der Waals surface area (Å²) in [6, 6.07) is 9.60. The van der Waals surface area contributed by atoms with Crippen LogP contribution in [0.5, 0.6) is 11.6 Å². The van der Waals surface area contributed by atoms with Crippen LogP contribution in [-0.2, 0) is 6.42 Å². The van der Waals surface area contributed by atoms with Gasteiger partial charge in [-0.1, -0.05) is 11.6 Å². The second-order valence-electron chi connectivity index (χ2n) is 5.92. The minimum atomic E-state index is -0.190. The van der Waals surface area contributed by atoms with E-state index in [-0.39, 0.29) is 11.3 Å². The summed E-state index contributed by atoms with van der Waals surface area (Å²) >= 11 is 6.11. The van der Waals surface area contributed by atoms with Crippen molar-refractivity contribution in [2.75, 3.05) is 7.11 Å². The molecule has 0 saturated heterocycles. The van der Waals surface area contributed by atoms with Crippen LogP contribution < -0.4 is 9.47 Å². The Bertz CT molecular complexity index is 993. The lowest BCUT2D eigenvalue weighted by Crippen LogP contribution is -2.17. The number of halogens is 1. The monoisotopic (exact) mass is 354 g/mol. The number of nitriles is 1. The Morgan fingerprint density at radius 2 is 2.24 bits per heavy atom. The average Bonchev–Trinajstić information content (AvgIpc) is 3.04. The molecule has 1 atom stereocenters. The molecule has 0 aliphatic heterocycles. The number of methoxy groups -OCH3 is 1. The minimum absolute atomic E-state index is 0.190. The number of hydrogen-bond donors (Lipinski definition) is 1. The molecule has 4 rings (SSSR count). The molecule has 1 aliphatic rings. The molecule has 7 heteroatoms. The normalized spacial score (nSPS) is 16.3. The zero-order valence-corrected chi connectivity index (χ0v) is 14.3. The summed E-state index contributed by atoms with van der Waals surface area (Å²) in [5, 5.41) is 17.2. The molecule has 2 aromatic heterocycles. The molecule has 1 aliphatic carbocycles. The molecule has 1 aromatic carbocycles. The number of pyridine rings is 1. The number of fused-ring (bicyclic) bond motifs is 2. The van der Waals surface area contributed by atoms with Crippen LogP contribution in [-0.4, -0.2) is 22.3 Å². The van der Waals surface area contributed by atoms with Gasteiger partial charge in [-0.3, -0.25) is 5.10 Å². The Kier molecular flexibility index (Phi) is 3.94. The van der Waals surface area contributed by atoms with Crippen molar-refractivity contribution < 1.29 is 9.47 Å². The van der Waals surface area contributed by atoms with Crippen molar-refractivity contribution in [2.45, 2.75) is 25.4 Å². The fourth-order valence-corrected chi connectivity index (χ4v) is 3.38. The molecule has 1 N–H and O–H groups in total. The summed E-state index contributed by atoms with van der Waals surface area (Å²) in [7, 11) is 1.58. The number of aromatic nitrogens is 3. The Labute approximate surface area is 149 Å². The molecule has 2 heterocycles. The van der Waals surface area contributed by atoms with E-state index in [9.17, 15) is 0 Å². The van der Waals surface area contributed by atoms with Crippen molar-refractivity contribution in [1.82, 2.24) is 15.2 Å². The zero-order valence-electron chi connectivity index (χ0n) is 13.5. The van der Waals surface area contributed by atoms with Gasteiger partial charge in [0, 0.05) is 0 Å². The van der Waals surface area contributed by atoms with E-state index in [0.717, 1.165) is 41.4 Å². The maximum Gasteiger partial charge on any atom is 0.240 e. The lowest BCUT2D eigenvalue weighted by atomic mass is 9.92. The van der Waals surface area contributed by atoms with Gasteiger partial charge in [0.2, 0.25) is 5.88 Å². The van der Waals surface area contributed by atoms with Crippen LogP contribution >= 0.6 is 11.6 Å². The smallest absolute Gasteiger partial charge is 0.240 e. The van der Waals surface area contributed by atoms with E-state index in [4.69, 9.17) is 26.3 Å². The quantitative estimate of drug-likeness (QED) is 0.720. The first kappa shape index (κ1) is 15.7. The van der Waals surface area contributed by atoms with Gasteiger partial charge in [0.05, 0.1) is 29.3 Å². The van der Waals surface area contributed by atoms with E-state index in [0.29, 0.717) is 17.2 Å². The summed E-state index contributed by atoms with van der Waals surface area (Å²) in [5.41, 5.74) is 3.13. The number of hydrogen-bond acceptors (Lipinski definition) is 5. The van der Waals surface area contributed by atoms with Crippen molar-refractivity contribution >= 4 is 22.5 Å². The van der Waals surface area contributed by atoms with Crippen LogP contribution in [0, 0.1) is 11.3 Å². The molecule has 3 aromatic rings. The second-order valence-corrected chi connectivity index (χ2v) is 6.28. The first-order chi connectivity index (χ1) is 12.2. The lowest BCUT2D eigenvalue weighted by molar-refractivity contribution is 0.178. The van der Waals surface area contributed by atoms with Gasteiger partial charge in [-0.25, -0.2) is 4.98 Å². The number of H-pyrrole nitrogens is 1. The third kappa shape index (κ3) is 2.77. The van der Waals surface area contributed by atoms with Crippen molar-refractivity contribution in [1.29, 1.82) is 5.26 Å². The van der Waals surface area contributed by atoms with E-state index in [1.165, 1.54) is 0 Å². The Morgan fingerprint density at radius 3 is 3.04 bits per heavy atom. The number of nitrogens with one attached hydrogen (secondary N) is 1. The minimum Gasteiger partial charge on any atom is -0.484 e.